The molecule has 22 heavy (non-hydrogen) atoms. The fourth-order valence-electron chi connectivity index (χ4n) is 2.16. The molecule has 0 radical (unpaired) electrons. The van der Waals surface area contributed by atoms with E-state index in [4.69, 9.17) is 11.5 Å². The smallest absolute Gasteiger partial charge is 0.279 e. The lowest BCUT2D eigenvalue weighted by Gasteiger charge is -2.10. The first-order valence-electron chi connectivity index (χ1n) is 6.31. The van der Waals surface area contributed by atoms with Crippen LogP contribution in [0.15, 0.2) is 24.3 Å². The number of rotatable bonds is 3. The zero-order valence-electron chi connectivity index (χ0n) is 12.0. The third-order valence-corrected chi connectivity index (χ3v) is 3.45. The van der Waals surface area contributed by atoms with E-state index in [1.54, 1.807) is 13.8 Å². The van der Waals surface area contributed by atoms with E-state index in [0.29, 0.717) is 11.1 Å². The van der Waals surface area contributed by atoms with E-state index in [-0.39, 0.29) is 33.9 Å². The maximum atomic E-state index is 11.2. The van der Waals surface area contributed by atoms with Crippen LogP contribution in [-0.2, 0) is 0 Å². The van der Waals surface area contributed by atoms with Crippen LogP contribution in [0.25, 0.3) is 11.1 Å². The Hall–Kier alpha value is -3.16. The Morgan fingerprint density at radius 2 is 1.09 bits per heavy atom. The van der Waals surface area contributed by atoms with Crippen LogP contribution in [0.2, 0.25) is 0 Å². The lowest BCUT2D eigenvalue weighted by atomic mass is 9.96. The van der Waals surface area contributed by atoms with Crippen LogP contribution in [0.5, 0.6) is 0 Å². The van der Waals surface area contributed by atoms with Crippen molar-refractivity contribution in [3.8, 4) is 11.1 Å². The minimum atomic E-state index is -0.611. The molecule has 0 spiro atoms. The molecule has 0 aliphatic carbocycles. The van der Waals surface area contributed by atoms with E-state index in [1.165, 1.54) is 24.3 Å². The van der Waals surface area contributed by atoms with E-state index >= 15 is 0 Å². The van der Waals surface area contributed by atoms with Crippen molar-refractivity contribution >= 4 is 22.7 Å². The van der Waals surface area contributed by atoms with Crippen LogP contribution >= 0.6 is 0 Å². The molecule has 2 aromatic carbocycles. The van der Waals surface area contributed by atoms with Crippen molar-refractivity contribution in [1.82, 2.24) is 0 Å². The topological polar surface area (TPSA) is 138 Å². The Labute approximate surface area is 125 Å². The Kier molecular flexibility index (Phi) is 3.68. The summed E-state index contributed by atoms with van der Waals surface area (Å²) in [6.45, 7) is 3.36. The minimum Gasteiger partial charge on any atom is -0.398 e. The van der Waals surface area contributed by atoms with Gasteiger partial charge in [-0.2, -0.15) is 0 Å². The van der Waals surface area contributed by atoms with Gasteiger partial charge in [0.05, 0.1) is 21.0 Å². The Bertz CT molecular complexity index is 734. The summed E-state index contributed by atoms with van der Waals surface area (Å²) in [4.78, 5) is 21.3. The molecule has 4 N–H and O–H groups in total. The summed E-state index contributed by atoms with van der Waals surface area (Å²) in [6.07, 6.45) is 0. The van der Waals surface area contributed by atoms with Crippen molar-refractivity contribution in [2.75, 3.05) is 11.5 Å². The van der Waals surface area contributed by atoms with E-state index in [2.05, 4.69) is 0 Å². The molecule has 0 atom stereocenters. The van der Waals surface area contributed by atoms with Crippen LogP contribution in [0.1, 0.15) is 11.1 Å². The number of hydrogen-bond acceptors (Lipinski definition) is 6. The molecule has 2 rings (SSSR count). The van der Waals surface area contributed by atoms with Crippen molar-refractivity contribution in [3.63, 3.8) is 0 Å². The molecule has 0 bridgehead atoms. The van der Waals surface area contributed by atoms with Gasteiger partial charge in [-0.3, -0.25) is 20.2 Å². The van der Waals surface area contributed by atoms with Crippen LogP contribution in [0.4, 0.5) is 22.7 Å². The molecule has 0 fully saturated rings. The molecular weight excluding hydrogens is 288 g/mol. The van der Waals surface area contributed by atoms with E-state index in [0.717, 1.165) is 0 Å². The second kappa shape index (κ2) is 5.32. The average Bonchev–Trinajstić information content (AvgIpc) is 2.43. The summed E-state index contributed by atoms with van der Waals surface area (Å²) in [5.74, 6) is 0. The molecule has 0 aliphatic rings. The van der Waals surface area contributed by atoms with Gasteiger partial charge in [0.1, 0.15) is 0 Å². The Morgan fingerprint density at radius 3 is 1.36 bits per heavy atom. The fraction of sp³-hybridized carbons (Fsp3) is 0.143. The molecule has 0 saturated carbocycles. The first-order valence-corrected chi connectivity index (χ1v) is 6.31. The lowest BCUT2D eigenvalue weighted by molar-refractivity contribution is -0.386. The first-order chi connectivity index (χ1) is 10.2. The summed E-state index contributed by atoms with van der Waals surface area (Å²) >= 11 is 0. The van der Waals surface area contributed by atoms with Gasteiger partial charge < -0.3 is 11.5 Å². The van der Waals surface area contributed by atoms with E-state index in [9.17, 15) is 20.2 Å². The summed E-state index contributed by atoms with van der Waals surface area (Å²) in [6, 6.07) is 5.37. The molecule has 0 unspecified atom stereocenters. The van der Waals surface area contributed by atoms with Gasteiger partial charge in [0.25, 0.3) is 11.4 Å². The van der Waals surface area contributed by atoms with Gasteiger partial charge in [-0.25, -0.2) is 0 Å². The monoisotopic (exact) mass is 302 g/mol. The van der Waals surface area contributed by atoms with Gasteiger partial charge in [-0.15, -0.1) is 0 Å². The highest BCUT2D eigenvalue weighted by atomic mass is 16.6. The van der Waals surface area contributed by atoms with Gasteiger partial charge in [0.15, 0.2) is 0 Å². The highest BCUT2D eigenvalue weighted by Gasteiger charge is 2.25. The van der Waals surface area contributed by atoms with Gasteiger partial charge in [-0.1, -0.05) is 0 Å². The number of nitro groups is 2. The van der Waals surface area contributed by atoms with Crippen molar-refractivity contribution in [2.45, 2.75) is 13.8 Å². The largest absolute Gasteiger partial charge is 0.398 e. The summed E-state index contributed by atoms with van der Waals surface area (Å²) < 4.78 is 0. The molecule has 0 amide bonds. The lowest BCUT2D eigenvalue weighted by Crippen LogP contribution is -2.01. The highest BCUT2D eigenvalue weighted by Crippen LogP contribution is 2.40. The fourth-order valence-corrected chi connectivity index (χ4v) is 2.16. The zero-order valence-corrected chi connectivity index (χ0v) is 12.0. The third-order valence-electron chi connectivity index (χ3n) is 3.45. The zero-order chi connectivity index (χ0) is 16.6. The van der Waals surface area contributed by atoms with Gasteiger partial charge >= 0.3 is 0 Å². The molecule has 0 aromatic heterocycles. The summed E-state index contributed by atoms with van der Waals surface area (Å²) in [5.41, 5.74) is 12.8. The molecule has 114 valence electrons. The molecule has 2 aromatic rings. The van der Waals surface area contributed by atoms with Crippen molar-refractivity contribution in [3.05, 3.63) is 55.6 Å². The quantitative estimate of drug-likeness (QED) is 0.507. The maximum Gasteiger partial charge on any atom is 0.279 e. The standard InChI is InChI=1S/C14H14N4O4/c1-7-3-9(13(17(19)20)5-11(7)15)10-4-8(2)12(16)6-14(10)18(21)22/h3-6H,15-16H2,1-2H3. The van der Waals surface area contributed by atoms with Crippen LogP contribution < -0.4 is 11.5 Å². The molecule has 0 saturated heterocycles. The van der Waals surface area contributed by atoms with Gasteiger partial charge in [0.2, 0.25) is 0 Å². The van der Waals surface area contributed by atoms with Crippen LogP contribution in [-0.4, -0.2) is 9.85 Å². The minimum absolute atomic E-state index is 0.145. The molecule has 8 heteroatoms. The predicted octanol–water partition coefficient (Wildman–Crippen LogP) is 2.95. The normalized spacial score (nSPS) is 10.5. The number of benzene rings is 2. The number of aryl methyl sites for hydroxylation is 2. The van der Waals surface area contributed by atoms with Crippen LogP contribution in [0.3, 0.4) is 0 Å². The number of nitrogen functional groups attached to an aromatic ring is 2. The van der Waals surface area contributed by atoms with Crippen molar-refractivity contribution in [2.24, 2.45) is 0 Å². The summed E-state index contributed by atoms with van der Waals surface area (Å²) in [5, 5.41) is 22.5. The van der Waals surface area contributed by atoms with Crippen molar-refractivity contribution < 1.29 is 9.85 Å². The van der Waals surface area contributed by atoms with Crippen LogP contribution in [0, 0.1) is 34.1 Å². The van der Waals surface area contributed by atoms with E-state index in [1.807, 2.05) is 0 Å². The second-order valence-electron chi connectivity index (χ2n) is 4.97. The molecule has 0 aliphatic heterocycles. The first kappa shape index (κ1) is 15.2. The van der Waals surface area contributed by atoms with Crippen molar-refractivity contribution in [1.29, 1.82) is 0 Å². The third kappa shape index (κ3) is 2.53. The Balaban J connectivity index is 2.87. The number of anilines is 2. The molecular formula is C14H14N4O4. The predicted molar refractivity (Wildman–Crippen MR) is 83.5 cm³/mol. The van der Waals surface area contributed by atoms with Gasteiger partial charge in [-0.05, 0) is 37.1 Å². The molecule has 0 heterocycles. The SMILES string of the molecule is Cc1cc(-c2cc(C)c(N)cc2[N+](=O)[O-])c([N+](=O)[O-])cc1N. The number of hydrogen-bond donors (Lipinski definition) is 2. The maximum absolute atomic E-state index is 11.2. The number of nitrogens with two attached hydrogens (primary N) is 2. The highest BCUT2D eigenvalue weighted by molar-refractivity contribution is 5.85. The van der Waals surface area contributed by atoms with Gasteiger partial charge in [0, 0.05) is 23.5 Å². The second-order valence-corrected chi connectivity index (χ2v) is 4.97. The Morgan fingerprint density at radius 1 is 0.773 bits per heavy atom. The average molecular weight is 302 g/mol. The number of nitrogens with zero attached hydrogens (tertiary/aromatic N) is 2. The summed E-state index contributed by atoms with van der Waals surface area (Å²) in [7, 11) is 0. The molecule has 8 nitrogen and oxygen atoms in total. The number of nitro benzene ring substituents is 2. The van der Waals surface area contributed by atoms with E-state index < -0.39 is 9.85 Å².